The zero-order valence-corrected chi connectivity index (χ0v) is 11.1. The van der Waals surface area contributed by atoms with Crippen molar-refractivity contribution in [2.45, 2.75) is 26.2 Å². The van der Waals surface area contributed by atoms with Crippen molar-refractivity contribution in [1.82, 2.24) is 0 Å². The third kappa shape index (κ3) is 2.79. The molecule has 1 aromatic carbocycles. The molecule has 2 nitrogen and oxygen atoms in total. The van der Waals surface area contributed by atoms with Gasteiger partial charge in [-0.25, -0.2) is 0 Å². The standard InChI is InChI=1S/C13H18O2S/c1-13(2,3)10-7-9(11(14)8-16)5-6-12(10)15-4/h5-7,16H,8H2,1-4H3. The van der Waals surface area contributed by atoms with Gasteiger partial charge in [0.1, 0.15) is 5.75 Å². The molecule has 0 saturated heterocycles. The van der Waals surface area contributed by atoms with Gasteiger partial charge in [-0.3, -0.25) is 4.79 Å². The predicted molar refractivity (Wildman–Crippen MR) is 69.9 cm³/mol. The first-order valence-electron chi connectivity index (χ1n) is 5.22. The number of carbonyl (C=O) groups is 1. The van der Waals surface area contributed by atoms with Gasteiger partial charge in [-0.1, -0.05) is 20.8 Å². The zero-order chi connectivity index (χ0) is 12.3. The molecule has 0 unspecified atom stereocenters. The highest BCUT2D eigenvalue weighted by Gasteiger charge is 2.20. The minimum Gasteiger partial charge on any atom is -0.496 e. The third-order valence-corrected chi connectivity index (χ3v) is 2.76. The van der Waals surface area contributed by atoms with Crippen LogP contribution in [0.4, 0.5) is 0 Å². The Balaban J connectivity index is 3.27. The van der Waals surface area contributed by atoms with Crippen LogP contribution in [0.1, 0.15) is 36.7 Å². The van der Waals surface area contributed by atoms with Crippen molar-refractivity contribution in [1.29, 1.82) is 0 Å². The lowest BCUT2D eigenvalue weighted by Gasteiger charge is -2.22. The number of methoxy groups -OCH3 is 1. The van der Waals surface area contributed by atoms with Crippen LogP contribution in [0.3, 0.4) is 0 Å². The molecule has 0 bridgehead atoms. The van der Waals surface area contributed by atoms with Crippen LogP contribution in [0.25, 0.3) is 0 Å². The second-order valence-corrected chi connectivity index (χ2v) is 5.06. The first-order valence-corrected chi connectivity index (χ1v) is 5.86. The van der Waals surface area contributed by atoms with E-state index in [-0.39, 0.29) is 17.0 Å². The quantitative estimate of drug-likeness (QED) is 0.647. The van der Waals surface area contributed by atoms with Crippen LogP contribution >= 0.6 is 12.6 Å². The number of thiol groups is 1. The molecule has 0 aliphatic rings. The van der Waals surface area contributed by atoms with Crippen molar-refractivity contribution >= 4 is 18.4 Å². The SMILES string of the molecule is COc1ccc(C(=O)CS)cc1C(C)(C)C. The number of hydrogen-bond donors (Lipinski definition) is 1. The number of ketones is 1. The molecule has 1 aromatic rings. The van der Waals surface area contributed by atoms with E-state index in [1.807, 2.05) is 12.1 Å². The Morgan fingerprint density at radius 2 is 2.00 bits per heavy atom. The minimum atomic E-state index is -0.0434. The Morgan fingerprint density at radius 3 is 2.44 bits per heavy atom. The Labute approximate surface area is 102 Å². The van der Waals surface area contributed by atoms with Gasteiger partial charge in [-0.15, -0.1) is 0 Å². The molecule has 0 N–H and O–H groups in total. The molecule has 0 atom stereocenters. The van der Waals surface area contributed by atoms with Gasteiger partial charge in [0, 0.05) is 11.1 Å². The van der Waals surface area contributed by atoms with E-state index in [2.05, 4.69) is 33.4 Å². The lowest BCUT2D eigenvalue weighted by Crippen LogP contribution is -2.14. The molecule has 88 valence electrons. The molecule has 16 heavy (non-hydrogen) atoms. The van der Waals surface area contributed by atoms with Gasteiger partial charge in [0.2, 0.25) is 0 Å². The molecule has 0 aliphatic carbocycles. The van der Waals surface area contributed by atoms with Crippen LogP contribution in [0.15, 0.2) is 18.2 Å². The van der Waals surface area contributed by atoms with E-state index >= 15 is 0 Å². The number of ether oxygens (including phenoxy) is 1. The fourth-order valence-electron chi connectivity index (χ4n) is 1.56. The Morgan fingerprint density at radius 1 is 1.38 bits per heavy atom. The Kier molecular flexibility index (Phi) is 4.03. The lowest BCUT2D eigenvalue weighted by molar-refractivity contribution is 0.102. The second-order valence-electron chi connectivity index (χ2n) is 4.75. The molecule has 0 heterocycles. The predicted octanol–water partition coefficient (Wildman–Crippen LogP) is 3.11. The van der Waals surface area contributed by atoms with Crippen LogP contribution in [0.5, 0.6) is 5.75 Å². The monoisotopic (exact) mass is 238 g/mol. The van der Waals surface area contributed by atoms with E-state index in [1.54, 1.807) is 13.2 Å². The molecule has 0 spiro atoms. The van der Waals surface area contributed by atoms with E-state index in [0.29, 0.717) is 5.56 Å². The first kappa shape index (κ1) is 13.1. The van der Waals surface area contributed by atoms with E-state index < -0.39 is 0 Å². The summed E-state index contributed by atoms with van der Waals surface area (Å²) in [5.41, 5.74) is 1.70. The van der Waals surface area contributed by atoms with Crippen LogP contribution in [-0.4, -0.2) is 18.6 Å². The van der Waals surface area contributed by atoms with Gasteiger partial charge < -0.3 is 4.74 Å². The van der Waals surface area contributed by atoms with Crippen molar-refractivity contribution in [2.75, 3.05) is 12.9 Å². The number of Topliss-reactive ketones (excluding diaryl/α,β-unsaturated/α-hetero) is 1. The average molecular weight is 238 g/mol. The van der Waals surface area contributed by atoms with E-state index in [0.717, 1.165) is 11.3 Å². The highest BCUT2D eigenvalue weighted by molar-refractivity contribution is 7.81. The van der Waals surface area contributed by atoms with Crippen molar-refractivity contribution in [2.24, 2.45) is 0 Å². The van der Waals surface area contributed by atoms with Gasteiger partial charge >= 0.3 is 0 Å². The number of hydrogen-bond acceptors (Lipinski definition) is 3. The molecule has 0 aliphatic heterocycles. The van der Waals surface area contributed by atoms with Gasteiger partial charge in [-0.2, -0.15) is 12.6 Å². The van der Waals surface area contributed by atoms with Crippen molar-refractivity contribution in [3.05, 3.63) is 29.3 Å². The highest BCUT2D eigenvalue weighted by atomic mass is 32.1. The normalized spacial score (nSPS) is 11.3. The smallest absolute Gasteiger partial charge is 0.172 e. The summed E-state index contributed by atoms with van der Waals surface area (Å²) in [6.07, 6.45) is 0. The minimum absolute atomic E-state index is 0.0384. The fraction of sp³-hybridized carbons (Fsp3) is 0.462. The molecule has 3 heteroatoms. The average Bonchev–Trinajstić information content (AvgIpc) is 2.26. The van der Waals surface area contributed by atoms with E-state index in [1.165, 1.54) is 0 Å². The molecular formula is C13H18O2S. The summed E-state index contributed by atoms with van der Waals surface area (Å²) < 4.78 is 5.31. The molecular weight excluding hydrogens is 220 g/mol. The Bertz CT molecular complexity index is 391. The summed E-state index contributed by atoms with van der Waals surface area (Å²) in [5.74, 6) is 1.09. The second kappa shape index (κ2) is 4.91. The fourth-order valence-corrected chi connectivity index (χ4v) is 1.74. The lowest BCUT2D eigenvalue weighted by atomic mass is 9.85. The van der Waals surface area contributed by atoms with Gasteiger partial charge in [-0.05, 0) is 23.6 Å². The van der Waals surface area contributed by atoms with Gasteiger partial charge in [0.15, 0.2) is 5.78 Å². The summed E-state index contributed by atoms with van der Waals surface area (Å²) in [5, 5.41) is 0. The van der Waals surface area contributed by atoms with Crippen LogP contribution in [0, 0.1) is 0 Å². The maximum absolute atomic E-state index is 11.6. The molecule has 0 saturated carbocycles. The summed E-state index contributed by atoms with van der Waals surface area (Å²) in [6.45, 7) is 6.29. The third-order valence-electron chi connectivity index (χ3n) is 2.47. The number of rotatable bonds is 3. The van der Waals surface area contributed by atoms with Crippen LogP contribution < -0.4 is 4.74 Å². The molecule has 0 radical (unpaired) electrons. The summed E-state index contributed by atoms with van der Waals surface area (Å²) in [6, 6.07) is 5.53. The summed E-state index contributed by atoms with van der Waals surface area (Å²) in [7, 11) is 1.64. The molecule has 0 aromatic heterocycles. The summed E-state index contributed by atoms with van der Waals surface area (Å²) in [4.78, 5) is 11.6. The Hall–Kier alpha value is -0.960. The first-order chi connectivity index (χ1) is 7.40. The van der Waals surface area contributed by atoms with Crippen molar-refractivity contribution in [3.63, 3.8) is 0 Å². The number of carbonyl (C=O) groups excluding carboxylic acids is 1. The largest absolute Gasteiger partial charge is 0.496 e. The van der Waals surface area contributed by atoms with Gasteiger partial charge in [0.05, 0.1) is 12.9 Å². The van der Waals surface area contributed by atoms with Crippen molar-refractivity contribution < 1.29 is 9.53 Å². The number of benzene rings is 1. The maximum atomic E-state index is 11.6. The van der Waals surface area contributed by atoms with E-state index in [4.69, 9.17) is 4.74 Å². The topological polar surface area (TPSA) is 26.3 Å². The van der Waals surface area contributed by atoms with Crippen molar-refractivity contribution in [3.8, 4) is 5.75 Å². The highest BCUT2D eigenvalue weighted by Crippen LogP contribution is 2.32. The molecule has 0 amide bonds. The van der Waals surface area contributed by atoms with Crippen LogP contribution in [0.2, 0.25) is 0 Å². The maximum Gasteiger partial charge on any atom is 0.172 e. The molecule has 0 fully saturated rings. The van der Waals surface area contributed by atoms with E-state index in [9.17, 15) is 4.79 Å². The zero-order valence-electron chi connectivity index (χ0n) is 10.2. The molecule has 1 rings (SSSR count). The summed E-state index contributed by atoms with van der Waals surface area (Å²) >= 11 is 4.00. The van der Waals surface area contributed by atoms with Gasteiger partial charge in [0.25, 0.3) is 0 Å². The van der Waals surface area contributed by atoms with Crippen LogP contribution in [-0.2, 0) is 5.41 Å².